The highest BCUT2D eigenvalue weighted by atomic mass is 32.1. The molecule has 1 unspecified atom stereocenters. The molecule has 0 bridgehead atoms. The summed E-state index contributed by atoms with van der Waals surface area (Å²) >= 11 is 1.61. The smallest absolute Gasteiger partial charge is 0.261 e. The molecule has 0 radical (unpaired) electrons. The molecule has 5 heterocycles. The Bertz CT molecular complexity index is 998. The molecule has 0 saturated carbocycles. The van der Waals surface area contributed by atoms with Crippen LogP contribution in [0.25, 0.3) is 0 Å². The van der Waals surface area contributed by atoms with Gasteiger partial charge in [-0.2, -0.15) is 5.10 Å². The van der Waals surface area contributed by atoms with Gasteiger partial charge in [0.1, 0.15) is 0 Å². The number of thiophene rings is 1. The molecule has 9 heteroatoms. The summed E-state index contributed by atoms with van der Waals surface area (Å²) in [5.74, 6) is 2.18. The van der Waals surface area contributed by atoms with Crippen molar-refractivity contribution in [3.63, 3.8) is 0 Å². The van der Waals surface area contributed by atoms with Gasteiger partial charge in [-0.1, -0.05) is 0 Å². The van der Waals surface area contributed by atoms with E-state index >= 15 is 0 Å². The van der Waals surface area contributed by atoms with Gasteiger partial charge in [-0.05, 0) is 88.3 Å². The molecular weight excluding hydrogens is 460 g/mol. The van der Waals surface area contributed by atoms with Crippen molar-refractivity contribution in [2.24, 2.45) is 5.92 Å². The third-order valence-corrected chi connectivity index (χ3v) is 9.05. The maximum absolute atomic E-state index is 12.9. The Morgan fingerprint density at radius 2 is 1.83 bits per heavy atom. The first kappa shape index (κ1) is 24.2. The van der Waals surface area contributed by atoms with Crippen LogP contribution in [-0.4, -0.2) is 84.2 Å². The van der Waals surface area contributed by atoms with E-state index in [-0.39, 0.29) is 11.9 Å². The normalized spacial score (nSPS) is 22.5. The number of hydrogen-bond donors (Lipinski definition) is 1. The number of aromatic nitrogens is 2. The van der Waals surface area contributed by atoms with Crippen LogP contribution in [0.1, 0.15) is 59.0 Å². The minimum Gasteiger partial charge on any atom is -0.353 e. The second-order valence-corrected chi connectivity index (χ2v) is 11.4. The molecule has 3 aliphatic rings. The Hall–Kier alpha value is -2.52. The maximum Gasteiger partial charge on any atom is 0.261 e. The average Bonchev–Trinajstić information content (AvgIpc) is 3.56. The van der Waals surface area contributed by atoms with Crippen molar-refractivity contribution in [2.75, 3.05) is 51.2 Å². The van der Waals surface area contributed by atoms with E-state index in [1.807, 2.05) is 18.2 Å². The fraction of sp³-hybridized carbons (Fsp3) is 0.615. The molecule has 1 atom stereocenters. The summed E-state index contributed by atoms with van der Waals surface area (Å²) in [4.78, 5) is 34.3. The summed E-state index contributed by atoms with van der Waals surface area (Å²) in [6.45, 7) is 5.50. The van der Waals surface area contributed by atoms with Crippen molar-refractivity contribution in [1.29, 1.82) is 0 Å². The Labute approximate surface area is 211 Å². The molecule has 3 fully saturated rings. The topological polar surface area (TPSA) is 81.7 Å². The van der Waals surface area contributed by atoms with Gasteiger partial charge in [-0.25, -0.2) is 0 Å². The molecule has 5 rings (SSSR count). The molecule has 8 nitrogen and oxygen atoms in total. The molecule has 1 N–H and O–H groups in total. The largest absolute Gasteiger partial charge is 0.353 e. The number of likely N-dealkylation sites (tertiary alicyclic amines) is 2. The first-order valence-corrected chi connectivity index (χ1v) is 13.8. The van der Waals surface area contributed by atoms with Crippen LogP contribution in [0.2, 0.25) is 0 Å². The molecule has 0 aliphatic carbocycles. The first-order chi connectivity index (χ1) is 17.0. The molecule has 0 spiro atoms. The Balaban J connectivity index is 1.07. The number of nitrogens with one attached hydrogen (secondary N) is 1. The van der Waals surface area contributed by atoms with E-state index in [2.05, 4.69) is 43.3 Å². The zero-order valence-electron chi connectivity index (χ0n) is 20.6. The minimum absolute atomic E-state index is 0.0120. The first-order valence-electron chi connectivity index (χ1n) is 12.9. The van der Waals surface area contributed by atoms with Gasteiger partial charge >= 0.3 is 0 Å². The van der Waals surface area contributed by atoms with Gasteiger partial charge in [0.05, 0.1) is 4.88 Å². The highest BCUT2D eigenvalue weighted by molar-refractivity contribution is 7.14. The zero-order valence-corrected chi connectivity index (χ0v) is 21.4. The quantitative estimate of drug-likeness (QED) is 0.662. The van der Waals surface area contributed by atoms with E-state index in [4.69, 9.17) is 0 Å². The van der Waals surface area contributed by atoms with Crippen LogP contribution in [0.15, 0.2) is 30.5 Å². The number of amides is 2. The van der Waals surface area contributed by atoms with E-state index in [0.29, 0.717) is 24.2 Å². The van der Waals surface area contributed by atoms with Crippen molar-refractivity contribution in [3.05, 3.63) is 40.2 Å². The molecule has 2 aromatic heterocycles. The van der Waals surface area contributed by atoms with Crippen LogP contribution >= 0.6 is 11.3 Å². The SMILES string of the molecule is CN1CCC(CC(=O)N2CCC(c3ccc(C(=O)NC4CCN(c5cccnn5)C4)s3)CC2)CC1. The van der Waals surface area contributed by atoms with E-state index in [1.165, 1.54) is 4.88 Å². The highest BCUT2D eigenvalue weighted by Gasteiger charge is 2.29. The Morgan fingerprint density at radius 3 is 2.57 bits per heavy atom. The van der Waals surface area contributed by atoms with Gasteiger partial charge in [-0.3, -0.25) is 9.59 Å². The predicted molar refractivity (Wildman–Crippen MR) is 138 cm³/mol. The lowest BCUT2D eigenvalue weighted by Crippen LogP contribution is -2.40. The average molecular weight is 497 g/mol. The molecule has 3 saturated heterocycles. The molecule has 3 aliphatic heterocycles. The number of carbonyl (C=O) groups is 2. The van der Waals surface area contributed by atoms with Crippen molar-refractivity contribution in [2.45, 2.75) is 50.5 Å². The number of anilines is 1. The van der Waals surface area contributed by atoms with Crippen molar-refractivity contribution >= 4 is 29.0 Å². The van der Waals surface area contributed by atoms with Gasteiger partial charge in [0.25, 0.3) is 5.91 Å². The van der Waals surface area contributed by atoms with Gasteiger partial charge in [0, 0.05) is 49.7 Å². The van der Waals surface area contributed by atoms with Gasteiger partial charge in [0.15, 0.2) is 5.82 Å². The Morgan fingerprint density at radius 1 is 1.03 bits per heavy atom. The van der Waals surface area contributed by atoms with E-state index in [0.717, 1.165) is 82.1 Å². The predicted octanol–water partition coefficient (Wildman–Crippen LogP) is 2.98. The van der Waals surface area contributed by atoms with E-state index < -0.39 is 0 Å². The second kappa shape index (κ2) is 11.0. The van der Waals surface area contributed by atoms with Crippen molar-refractivity contribution in [3.8, 4) is 0 Å². The van der Waals surface area contributed by atoms with Gasteiger partial charge < -0.3 is 20.0 Å². The van der Waals surface area contributed by atoms with Gasteiger partial charge in [0.2, 0.25) is 5.91 Å². The third-order valence-electron chi connectivity index (χ3n) is 7.81. The molecule has 0 aromatic carbocycles. The lowest BCUT2D eigenvalue weighted by atomic mass is 9.91. The van der Waals surface area contributed by atoms with Crippen molar-refractivity contribution in [1.82, 2.24) is 25.3 Å². The summed E-state index contributed by atoms with van der Waals surface area (Å²) in [5, 5.41) is 11.3. The minimum atomic E-state index is 0.0120. The van der Waals surface area contributed by atoms with Crippen molar-refractivity contribution < 1.29 is 9.59 Å². The molecule has 35 heavy (non-hydrogen) atoms. The number of piperidine rings is 2. The molecule has 188 valence electrons. The Kier molecular flexibility index (Phi) is 7.63. The molecular formula is C26H36N6O2S. The number of carbonyl (C=O) groups excluding carboxylic acids is 2. The summed E-state index contributed by atoms with van der Waals surface area (Å²) in [5.41, 5.74) is 0. The molecule has 2 amide bonds. The van der Waals surface area contributed by atoms with E-state index in [9.17, 15) is 9.59 Å². The standard InChI is InChI=1S/C26H36N6O2S/c1-30-12-6-19(7-13-30)17-25(33)31-14-8-20(9-15-31)22-4-5-23(35-22)26(34)28-21-10-16-32(18-21)24-3-2-11-27-29-24/h2-5,11,19-21H,6-10,12-18H2,1H3,(H,28,34). The van der Waals surface area contributed by atoms with Crippen LogP contribution in [0.3, 0.4) is 0 Å². The van der Waals surface area contributed by atoms with Crippen LogP contribution < -0.4 is 10.2 Å². The zero-order chi connectivity index (χ0) is 24.2. The van der Waals surface area contributed by atoms with Gasteiger partial charge in [-0.15, -0.1) is 16.4 Å². The maximum atomic E-state index is 12.9. The summed E-state index contributed by atoms with van der Waals surface area (Å²) in [6, 6.07) is 8.03. The van der Waals surface area contributed by atoms with Crippen LogP contribution in [-0.2, 0) is 4.79 Å². The number of hydrogen-bond acceptors (Lipinski definition) is 7. The number of nitrogens with zero attached hydrogens (tertiary/aromatic N) is 5. The summed E-state index contributed by atoms with van der Waals surface area (Å²) in [6.07, 6.45) is 7.52. The van der Waals surface area contributed by atoms with Crippen LogP contribution in [0.5, 0.6) is 0 Å². The second-order valence-electron chi connectivity index (χ2n) is 10.3. The monoisotopic (exact) mass is 496 g/mol. The fourth-order valence-corrected chi connectivity index (χ4v) is 6.63. The summed E-state index contributed by atoms with van der Waals surface area (Å²) < 4.78 is 0. The summed E-state index contributed by atoms with van der Waals surface area (Å²) in [7, 11) is 2.16. The highest BCUT2D eigenvalue weighted by Crippen LogP contribution is 2.34. The lowest BCUT2D eigenvalue weighted by Gasteiger charge is -2.34. The molecule has 2 aromatic rings. The van der Waals surface area contributed by atoms with Crippen LogP contribution in [0.4, 0.5) is 5.82 Å². The van der Waals surface area contributed by atoms with E-state index in [1.54, 1.807) is 17.5 Å². The number of rotatable bonds is 6. The third kappa shape index (κ3) is 6.01. The van der Waals surface area contributed by atoms with Crippen LogP contribution in [0, 0.1) is 5.92 Å². The lowest BCUT2D eigenvalue weighted by molar-refractivity contribution is -0.133. The fourth-order valence-electron chi connectivity index (χ4n) is 5.55.